The van der Waals surface area contributed by atoms with Crippen molar-refractivity contribution in [1.82, 2.24) is 24.6 Å². The number of pyridine rings is 1. The van der Waals surface area contributed by atoms with E-state index in [1.54, 1.807) is 10.9 Å². The fraction of sp³-hybridized carbons (Fsp3) is 0.581. The predicted octanol–water partition coefficient (Wildman–Crippen LogP) is 4.63. The molecule has 1 unspecified atom stereocenters. The number of anilines is 3. The van der Waals surface area contributed by atoms with Crippen LogP contribution in [0.2, 0.25) is 0 Å². The lowest BCUT2D eigenvalue weighted by atomic mass is 9.79. The molecule has 0 spiro atoms. The van der Waals surface area contributed by atoms with E-state index in [1.165, 1.54) is 0 Å². The summed E-state index contributed by atoms with van der Waals surface area (Å²) in [6.07, 6.45) is 3.47. The van der Waals surface area contributed by atoms with E-state index in [9.17, 15) is 8.78 Å². The molecule has 2 aromatic heterocycles. The first-order valence-corrected chi connectivity index (χ1v) is 15.4. The monoisotopic (exact) mass is 609 g/mol. The molecule has 236 valence electrons. The zero-order valence-corrected chi connectivity index (χ0v) is 26.4. The number of benzene rings is 1. The summed E-state index contributed by atoms with van der Waals surface area (Å²) in [5, 5.41) is 8.03. The van der Waals surface area contributed by atoms with Crippen LogP contribution in [0.3, 0.4) is 0 Å². The number of hydrogen-bond acceptors (Lipinski definition) is 9. The lowest BCUT2D eigenvalue weighted by Crippen LogP contribution is -2.41. The van der Waals surface area contributed by atoms with E-state index in [2.05, 4.69) is 27.3 Å². The zero-order valence-electron chi connectivity index (χ0n) is 26.4. The molecule has 5 heterocycles. The number of nitrogens with one attached hydrogen (secondary N) is 1. The van der Waals surface area contributed by atoms with Gasteiger partial charge in [-0.05, 0) is 83.9 Å². The number of halogens is 2. The van der Waals surface area contributed by atoms with Crippen LogP contribution in [0.25, 0.3) is 11.4 Å². The van der Waals surface area contributed by atoms with Crippen LogP contribution in [-0.2, 0) is 16.4 Å². The summed E-state index contributed by atoms with van der Waals surface area (Å²) >= 11 is 0. The molecule has 0 aliphatic carbocycles. The van der Waals surface area contributed by atoms with Gasteiger partial charge >= 0.3 is 7.12 Å². The van der Waals surface area contributed by atoms with Crippen LogP contribution in [0.15, 0.2) is 36.5 Å². The van der Waals surface area contributed by atoms with E-state index < -0.39 is 24.2 Å². The molecule has 0 amide bonds. The number of alkyl halides is 2. The second-order valence-corrected chi connectivity index (χ2v) is 13.2. The Morgan fingerprint density at radius 3 is 2.39 bits per heavy atom. The highest BCUT2D eigenvalue weighted by molar-refractivity contribution is 6.62. The quantitative estimate of drug-likeness (QED) is 0.386. The fourth-order valence-electron chi connectivity index (χ4n) is 5.76. The van der Waals surface area contributed by atoms with Gasteiger partial charge in [0.15, 0.2) is 5.82 Å². The van der Waals surface area contributed by atoms with Crippen LogP contribution < -0.4 is 20.4 Å². The van der Waals surface area contributed by atoms with E-state index in [0.29, 0.717) is 23.3 Å². The second-order valence-electron chi connectivity index (χ2n) is 13.2. The third-order valence-electron chi connectivity index (χ3n) is 9.24. The maximum Gasteiger partial charge on any atom is 0.494 e. The molecule has 10 nitrogen and oxygen atoms in total. The summed E-state index contributed by atoms with van der Waals surface area (Å²) in [6.45, 7) is 10.6. The summed E-state index contributed by atoms with van der Waals surface area (Å²) in [7, 11) is 3.43. The number of piperidine rings is 2. The van der Waals surface area contributed by atoms with E-state index in [4.69, 9.17) is 19.0 Å². The lowest BCUT2D eigenvalue weighted by molar-refractivity contribution is -0.0221. The van der Waals surface area contributed by atoms with Gasteiger partial charge in [0.2, 0.25) is 5.95 Å². The molecule has 0 saturated carbocycles. The fourth-order valence-corrected chi connectivity index (χ4v) is 5.76. The maximum atomic E-state index is 13.6. The predicted molar refractivity (Wildman–Crippen MR) is 167 cm³/mol. The molecule has 3 fully saturated rings. The van der Waals surface area contributed by atoms with Crippen molar-refractivity contribution in [3.63, 3.8) is 0 Å². The third kappa shape index (κ3) is 6.41. The molecule has 0 bridgehead atoms. The molecule has 1 atom stereocenters. The summed E-state index contributed by atoms with van der Waals surface area (Å²) < 4.78 is 48.1. The smallest absolute Gasteiger partial charge is 0.487 e. The Morgan fingerprint density at radius 1 is 1.00 bits per heavy atom. The van der Waals surface area contributed by atoms with Crippen molar-refractivity contribution in [3.05, 3.63) is 36.5 Å². The van der Waals surface area contributed by atoms with E-state index in [0.717, 1.165) is 42.6 Å². The Balaban J connectivity index is 1.22. The van der Waals surface area contributed by atoms with Crippen molar-refractivity contribution in [3.8, 4) is 17.1 Å². The first-order valence-electron chi connectivity index (χ1n) is 15.4. The SMILES string of the molecule is CN1CCCC(Oc2cc(B3OC(C)(C)C(C)(C)O3)ccc2Nc2nc(-c3ccc(N4CCC(F)(F)CC4)nc3)nn2C)C1. The number of aromatic nitrogens is 4. The van der Waals surface area contributed by atoms with E-state index in [1.807, 2.05) is 70.0 Å². The largest absolute Gasteiger partial charge is 0.494 e. The normalized spacial score (nSPS) is 23.1. The summed E-state index contributed by atoms with van der Waals surface area (Å²) in [4.78, 5) is 13.4. The highest BCUT2D eigenvalue weighted by Crippen LogP contribution is 2.38. The lowest BCUT2D eigenvalue weighted by Gasteiger charge is -2.32. The Labute approximate surface area is 258 Å². The molecule has 3 aliphatic rings. The van der Waals surface area contributed by atoms with Crippen LogP contribution in [0.1, 0.15) is 53.4 Å². The highest BCUT2D eigenvalue weighted by Gasteiger charge is 2.51. The van der Waals surface area contributed by atoms with Gasteiger partial charge in [0.25, 0.3) is 5.92 Å². The van der Waals surface area contributed by atoms with Crippen molar-refractivity contribution in [1.29, 1.82) is 0 Å². The van der Waals surface area contributed by atoms with E-state index >= 15 is 0 Å². The third-order valence-corrected chi connectivity index (χ3v) is 9.24. The van der Waals surface area contributed by atoms with Gasteiger partial charge in [-0.3, -0.25) is 0 Å². The molecule has 3 aliphatic heterocycles. The standard InChI is InChI=1S/C31H42BF2N7O3/c1-29(2)30(3,4)44-32(43-29)22-10-11-24(25(18-22)42-23-8-7-15-39(5)20-23)36-28-37-27(38-40(28)6)21-9-12-26(35-19-21)41-16-13-31(33,34)14-17-41/h9-12,18-19,23H,7-8,13-17,20H2,1-6H3,(H,36,37,38). The van der Waals surface area contributed by atoms with Gasteiger partial charge < -0.3 is 29.2 Å². The topological polar surface area (TPSA) is 89.8 Å². The number of likely N-dealkylation sites (tertiary alicyclic amines) is 1. The first-order chi connectivity index (χ1) is 20.8. The molecule has 3 saturated heterocycles. The number of aryl methyl sites for hydroxylation is 1. The van der Waals surface area contributed by atoms with Gasteiger partial charge in [0.05, 0.1) is 16.9 Å². The molecular weight excluding hydrogens is 567 g/mol. The van der Waals surface area contributed by atoms with Crippen LogP contribution in [0.5, 0.6) is 5.75 Å². The average Bonchev–Trinajstić information content (AvgIpc) is 3.43. The van der Waals surface area contributed by atoms with Crippen molar-refractivity contribution in [2.45, 2.75) is 76.6 Å². The van der Waals surface area contributed by atoms with Gasteiger partial charge in [0.1, 0.15) is 17.7 Å². The van der Waals surface area contributed by atoms with E-state index in [-0.39, 0.29) is 32.0 Å². The van der Waals surface area contributed by atoms with Gasteiger partial charge in [-0.15, -0.1) is 5.10 Å². The van der Waals surface area contributed by atoms with Crippen molar-refractivity contribution in [2.24, 2.45) is 7.05 Å². The second kappa shape index (κ2) is 11.6. The zero-order chi connectivity index (χ0) is 31.3. The number of ether oxygens (including phenoxy) is 1. The highest BCUT2D eigenvalue weighted by atomic mass is 19.3. The number of rotatable bonds is 7. The summed E-state index contributed by atoms with van der Waals surface area (Å²) in [5.41, 5.74) is 1.47. The van der Waals surface area contributed by atoms with Gasteiger partial charge in [0, 0.05) is 51.3 Å². The number of nitrogens with zero attached hydrogens (tertiary/aromatic N) is 6. The molecular formula is C31H42BF2N7O3. The maximum absolute atomic E-state index is 13.6. The van der Waals surface area contributed by atoms with Crippen LogP contribution in [0.4, 0.5) is 26.2 Å². The summed E-state index contributed by atoms with van der Waals surface area (Å²) in [6, 6.07) is 9.66. The average molecular weight is 610 g/mol. The first kappa shape index (κ1) is 30.7. The van der Waals surface area contributed by atoms with Crippen LogP contribution in [0, 0.1) is 0 Å². The van der Waals surface area contributed by atoms with Crippen LogP contribution >= 0.6 is 0 Å². The minimum Gasteiger partial charge on any atom is -0.487 e. The molecule has 6 rings (SSSR count). The Morgan fingerprint density at radius 2 is 1.73 bits per heavy atom. The molecule has 44 heavy (non-hydrogen) atoms. The van der Waals surface area contributed by atoms with Crippen molar-refractivity contribution >= 4 is 30.0 Å². The molecule has 1 N–H and O–H groups in total. The molecule has 1 aromatic carbocycles. The van der Waals surface area contributed by atoms with Gasteiger partial charge in [-0.2, -0.15) is 4.98 Å². The molecule has 13 heteroatoms. The summed E-state index contributed by atoms with van der Waals surface area (Å²) in [5.74, 6) is -0.182. The number of likely N-dealkylation sites (N-methyl/N-ethyl adjacent to an activating group) is 1. The van der Waals surface area contributed by atoms with Crippen molar-refractivity contribution in [2.75, 3.05) is 43.4 Å². The number of hydrogen-bond donors (Lipinski definition) is 1. The minimum atomic E-state index is -2.60. The minimum absolute atomic E-state index is 0.0497. The molecule has 3 aromatic rings. The van der Waals surface area contributed by atoms with Gasteiger partial charge in [-0.25, -0.2) is 18.4 Å². The molecule has 0 radical (unpaired) electrons. The Bertz CT molecular complexity index is 1460. The van der Waals surface area contributed by atoms with Gasteiger partial charge in [-0.1, -0.05) is 6.07 Å². The van der Waals surface area contributed by atoms with Crippen LogP contribution in [-0.4, -0.2) is 88.2 Å². The Kier molecular flexibility index (Phi) is 8.08. The Hall–Kier alpha value is -3.29. The van der Waals surface area contributed by atoms with Crippen molar-refractivity contribution < 1.29 is 22.8 Å².